The maximum absolute atomic E-state index is 10.7. The van der Waals surface area contributed by atoms with Crippen LogP contribution in [-0.4, -0.2) is 40.5 Å². The standard InChI is InChI=1S/C12H22OS.C5H14O3Si/c1-2-3-4-5-6-7-8-9-11-10-12(13)14-11;1-5-9(6-2,7-3)8-4/h11H,2-10H2,1H3;5H2,1-4H3. The average molecular weight is 365 g/mol. The van der Waals surface area contributed by atoms with Crippen molar-refractivity contribution in [1.29, 1.82) is 0 Å². The van der Waals surface area contributed by atoms with Crippen molar-refractivity contribution in [3.05, 3.63) is 0 Å². The third kappa shape index (κ3) is 10.6. The Bertz CT molecular complexity index is 273. The number of carbonyl (C=O) groups is 1. The van der Waals surface area contributed by atoms with Crippen LogP contribution in [0.1, 0.15) is 71.6 Å². The molecule has 4 nitrogen and oxygen atoms in total. The van der Waals surface area contributed by atoms with Crippen molar-refractivity contribution in [2.75, 3.05) is 21.3 Å². The van der Waals surface area contributed by atoms with E-state index in [4.69, 9.17) is 13.3 Å². The molecule has 0 amide bonds. The summed E-state index contributed by atoms with van der Waals surface area (Å²) in [4.78, 5) is 10.7. The monoisotopic (exact) mass is 364 g/mol. The highest BCUT2D eigenvalue weighted by Gasteiger charge is 2.34. The van der Waals surface area contributed by atoms with E-state index >= 15 is 0 Å². The second-order valence-electron chi connectivity index (χ2n) is 5.87. The Morgan fingerprint density at radius 2 is 1.43 bits per heavy atom. The summed E-state index contributed by atoms with van der Waals surface area (Å²) in [6.07, 6.45) is 11.8. The van der Waals surface area contributed by atoms with Gasteiger partial charge in [0.25, 0.3) is 0 Å². The van der Waals surface area contributed by atoms with E-state index in [-0.39, 0.29) is 0 Å². The van der Waals surface area contributed by atoms with E-state index in [1.807, 2.05) is 6.92 Å². The highest BCUT2D eigenvalue weighted by molar-refractivity contribution is 8.16. The Morgan fingerprint density at radius 3 is 1.78 bits per heavy atom. The summed E-state index contributed by atoms with van der Waals surface area (Å²) in [7, 11) is 2.65. The van der Waals surface area contributed by atoms with E-state index in [9.17, 15) is 4.79 Å². The molecule has 0 radical (unpaired) electrons. The lowest BCUT2D eigenvalue weighted by molar-refractivity contribution is -0.112. The Hall–Kier alpha value is 0.117. The van der Waals surface area contributed by atoms with Crippen LogP contribution in [0.25, 0.3) is 0 Å². The summed E-state index contributed by atoms with van der Waals surface area (Å²) in [5, 5.41) is 1.08. The van der Waals surface area contributed by atoms with Crippen molar-refractivity contribution in [2.45, 2.75) is 82.9 Å². The molecule has 1 unspecified atom stereocenters. The first kappa shape index (κ1) is 23.1. The zero-order chi connectivity index (χ0) is 17.6. The molecule has 0 aromatic rings. The Labute approximate surface area is 148 Å². The lowest BCUT2D eigenvalue weighted by Gasteiger charge is -2.22. The molecule has 1 aliphatic heterocycles. The summed E-state index contributed by atoms with van der Waals surface area (Å²) in [5.41, 5.74) is 0. The Balaban J connectivity index is 0.000000468. The Kier molecular flexibility index (Phi) is 14.5. The molecule has 0 spiro atoms. The van der Waals surface area contributed by atoms with Crippen molar-refractivity contribution in [3.8, 4) is 0 Å². The summed E-state index contributed by atoms with van der Waals surface area (Å²) in [6, 6.07) is 0.816. The van der Waals surface area contributed by atoms with Crippen LogP contribution in [0, 0.1) is 0 Å². The second kappa shape index (κ2) is 14.5. The van der Waals surface area contributed by atoms with Crippen LogP contribution < -0.4 is 0 Å². The molecule has 1 rings (SSSR count). The van der Waals surface area contributed by atoms with Gasteiger partial charge in [0.05, 0.1) is 0 Å². The van der Waals surface area contributed by atoms with Crippen molar-refractivity contribution in [3.63, 3.8) is 0 Å². The number of hydrogen-bond donors (Lipinski definition) is 0. The predicted octanol–water partition coefficient (Wildman–Crippen LogP) is 5.04. The minimum Gasteiger partial charge on any atom is -0.377 e. The number of unbranched alkanes of at least 4 members (excludes halogenated alkanes) is 6. The predicted molar refractivity (Wildman–Crippen MR) is 101 cm³/mol. The zero-order valence-electron chi connectivity index (χ0n) is 15.7. The van der Waals surface area contributed by atoms with Crippen LogP contribution in [0.3, 0.4) is 0 Å². The Morgan fingerprint density at radius 1 is 0.957 bits per heavy atom. The van der Waals surface area contributed by atoms with E-state index in [1.54, 1.807) is 33.1 Å². The van der Waals surface area contributed by atoms with Crippen LogP contribution in [-0.2, 0) is 18.1 Å². The van der Waals surface area contributed by atoms with Gasteiger partial charge in [-0.05, 0) is 6.42 Å². The molecule has 23 heavy (non-hydrogen) atoms. The molecule has 1 heterocycles. The van der Waals surface area contributed by atoms with Gasteiger partial charge < -0.3 is 13.3 Å². The van der Waals surface area contributed by atoms with E-state index < -0.39 is 8.80 Å². The third-order valence-corrected chi connectivity index (χ3v) is 8.09. The molecule has 0 aromatic carbocycles. The molecule has 6 heteroatoms. The lowest BCUT2D eigenvalue weighted by Crippen LogP contribution is -2.41. The minimum absolute atomic E-state index is 0.401. The van der Waals surface area contributed by atoms with Crippen LogP contribution in [0.15, 0.2) is 0 Å². The fourth-order valence-electron chi connectivity index (χ4n) is 2.54. The summed E-state index contributed by atoms with van der Waals surface area (Å²) in [6.45, 7) is 4.24. The van der Waals surface area contributed by atoms with Crippen molar-refractivity contribution in [2.24, 2.45) is 0 Å². The SMILES string of the molecule is CCCCCCCCCC1CC(=O)S1.CC[Si](OC)(OC)OC. The summed E-state index contributed by atoms with van der Waals surface area (Å²) < 4.78 is 15.2. The fourth-order valence-corrected chi connectivity index (χ4v) is 4.79. The van der Waals surface area contributed by atoms with E-state index in [2.05, 4.69) is 6.92 Å². The van der Waals surface area contributed by atoms with Crippen molar-refractivity contribution >= 4 is 25.7 Å². The number of carbonyl (C=O) groups excluding carboxylic acids is 1. The van der Waals surface area contributed by atoms with Gasteiger partial charge in [-0.3, -0.25) is 4.79 Å². The molecule has 1 aliphatic rings. The number of hydrogen-bond acceptors (Lipinski definition) is 5. The van der Waals surface area contributed by atoms with Gasteiger partial charge in [0.1, 0.15) is 0 Å². The molecule has 0 bridgehead atoms. The number of rotatable bonds is 12. The van der Waals surface area contributed by atoms with Crippen molar-refractivity contribution < 1.29 is 18.1 Å². The molecule has 0 saturated carbocycles. The maximum Gasteiger partial charge on any atom is 0.499 e. The molecule has 1 fully saturated rings. The summed E-state index contributed by atoms with van der Waals surface area (Å²) >= 11 is 1.56. The molecule has 1 saturated heterocycles. The van der Waals surface area contributed by atoms with Crippen molar-refractivity contribution in [1.82, 2.24) is 0 Å². The quantitative estimate of drug-likeness (QED) is 0.358. The molecule has 0 N–H and O–H groups in total. The van der Waals surface area contributed by atoms with Gasteiger partial charge in [-0.15, -0.1) is 0 Å². The van der Waals surface area contributed by atoms with E-state index in [0.717, 1.165) is 12.5 Å². The van der Waals surface area contributed by atoms with Gasteiger partial charge in [-0.2, -0.15) is 0 Å². The van der Waals surface area contributed by atoms with Gasteiger partial charge in [-0.1, -0.05) is 70.6 Å². The smallest absolute Gasteiger partial charge is 0.377 e. The number of thioether (sulfide) groups is 1. The largest absolute Gasteiger partial charge is 0.499 e. The molecule has 0 aromatic heterocycles. The second-order valence-corrected chi connectivity index (χ2v) is 10.5. The fraction of sp³-hybridized carbons (Fsp3) is 0.941. The highest BCUT2D eigenvalue weighted by Crippen LogP contribution is 2.33. The molecule has 138 valence electrons. The highest BCUT2D eigenvalue weighted by atomic mass is 32.2. The van der Waals surface area contributed by atoms with Gasteiger partial charge in [0.2, 0.25) is 0 Å². The van der Waals surface area contributed by atoms with Gasteiger partial charge in [-0.25, -0.2) is 0 Å². The first-order valence-electron chi connectivity index (χ1n) is 8.92. The molecule has 1 atom stereocenters. The topological polar surface area (TPSA) is 44.8 Å². The normalized spacial score (nSPS) is 17.4. The zero-order valence-corrected chi connectivity index (χ0v) is 17.5. The molecule has 0 aliphatic carbocycles. The van der Waals surface area contributed by atoms with E-state index in [0.29, 0.717) is 10.4 Å². The van der Waals surface area contributed by atoms with Crippen LogP contribution in [0.2, 0.25) is 6.04 Å². The van der Waals surface area contributed by atoms with Gasteiger partial charge in [0, 0.05) is 39.0 Å². The van der Waals surface area contributed by atoms with Crippen LogP contribution in [0.4, 0.5) is 0 Å². The van der Waals surface area contributed by atoms with Gasteiger partial charge in [0.15, 0.2) is 5.12 Å². The first-order chi connectivity index (χ1) is 11.1. The molecular weight excluding hydrogens is 328 g/mol. The molecular formula is C17H36O4SSi. The maximum atomic E-state index is 10.7. The van der Waals surface area contributed by atoms with E-state index in [1.165, 1.54) is 51.4 Å². The van der Waals surface area contributed by atoms with Crippen LogP contribution in [0.5, 0.6) is 0 Å². The van der Waals surface area contributed by atoms with Gasteiger partial charge >= 0.3 is 8.80 Å². The van der Waals surface area contributed by atoms with Crippen LogP contribution >= 0.6 is 11.8 Å². The third-order valence-electron chi connectivity index (χ3n) is 4.19. The lowest BCUT2D eigenvalue weighted by atomic mass is 10.1. The summed E-state index contributed by atoms with van der Waals surface area (Å²) in [5.74, 6) is 0. The average Bonchev–Trinajstić information content (AvgIpc) is 2.55. The first-order valence-corrected chi connectivity index (χ1v) is 11.7. The minimum atomic E-state index is -2.19.